The standard InChI is InChI=1S/C15H16N2O5S/c1-16(2)23(20,21)13-7-5-6-12(10-13)11-22-15-9-4-3-8-14(15)17(18)19/h3-10H,11H2,1-2H3. The van der Waals surface area contributed by atoms with Crippen LogP contribution in [0.5, 0.6) is 5.75 Å². The fourth-order valence-electron chi connectivity index (χ4n) is 1.90. The number of para-hydroxylation sites is 2. The lowest BCUT2D eigenvalue weighted by molar-refractivity contribution is -0.385. The van der Waals surface area contributed by atoms with Gasteiger partial charge in [-0.3, -0.25) is 10.1 Å². The number of rotatable bonds is 6. The summed E-state index contributed by atoms with van der Waals surface area (Å²) in [5, 5.41) is 10.9. The molecule has 0 saturated heterocycles. The summed E-state index contributed by atoms with van der Waals surface area (Å²) in [5.41, 5.74) is 0.468. The summed E-state index contributed by atoms with van der Waals surface area (Å²) in [5.74, 6) is 0.137. The van der Waals surface area contributed by atoms with Crippen LogP contribution in [0.15, 0.2) is 53.4 Å². The van der Waals surface area contributed by atoms with E-state index in [-0.39, 0.29) is 22.9 Å². The van der Waals surface area contributed by atoms with Gasteiger partial charge in [-0.25, -0.2) is 12.7 Å². The fourth-order valence-corrected chi connectivity index (χ4v) is 2.87. The summed E-state index contributed by atoms with van der Waals surface area (Å²) in [6.07, 6.45) is 0. The molecular formula is C15H16N2O5S. The quantitative estimate of drug-likeness (QED) is 0.597. The zero-order chi connectivity index (χ0) is 17.0. The second-order valence-corrected chi connectivity index (χ2v) is 7.10. The van der Waals surface area contributed by atoms with Crippen LogP contribution in [0.2, 0.25) is 0 Å². The van der Waals surface area contributed by atoms with E-state index in [1.54, 1.807) is 24.3 Å². The predicted molar refractivity (Wildman–Crippen MR) is 84.7 cm³/mol. The molecule has 7 nitrogen and oxygen atoms in total. The van der Waals surface area contributed by atoms with Gasteiger partial charge in [0.2, 0.25) is 10.0 Å². The van der Waals surface area contributed by atoms with Gasteiger partial charge in [-0.1, -0.05) is 24.3 Å². The zero-order valence-corrected chi connectivity index (χ0v) is 13.5. The maximum Gasteiger partial charge on any atom is 0.310 e. The molecule has 122 valence electrons. The summed E-state index contributed by atoms with van der Waals surface area (Å²) >= 11 is 0. The second kappa shape index (κ2) is 6.76. The Balaban J connectivity index is 2.22. The Morgan fingerprint density at radius 1 is 1.13 bits per heavy atom. The summed E-state index contributed by atoms with van der Waals surface area (Å²) < 4.78 is 30.8. The number of benzene rings is 2. The molecule has 2 rings (SSSR count). The van der Waals surface area contributed by atoms with Gasteiger partial charge in [-0.15, -0.1) is 0 Å². The first-order valence-electron chi connectivity index (χ1n) is 6.70. The number of hydrogen-bond acceptors (Lipinski definition) is 5. The van der Waals surface area contributed by atoms with Crippen molar-refractivity contribution in [3.63, 3.8) is 0 Å². The van der Waals surface area contributed by atoms with E-state index in [0.717, 1.165) is 4.31 Å². The van der Waals surface area contributed by atoms with E-state index in [9.17, 15) is 18.5 Å². The first kappa shape index (κ1) is 16.9. The van der Waals surface area contributed by atoms with Crippen LogP contribution in [0.1, 0.15) is 5.56 Å². The average molecular weight is 336 g/mol. The normalized spacial score (nSPS) is 11.4. The van der Waals surface area contributed by atoms with Crippen LogP contribution in [-0.2, 0) is 16.6 Å². The molecule has 0 N–H and O–H groups in total. The third-order valence-electron chi connectivity index (χ3n) is 3.13. The van der Waals surface area contributed by atoms with E-state index in [2.05, 4.69) is 0 Å². The van der Waals surface area contributed by atoms with E-state index >= 15 is 0 Å². The minimum Gasteiger partial charge on any atom is -0.482 e. The highest BCUT2D eigenvalue weighted by Crippen LogP contribution is 2.27. The first-order chi connectivity index (χ1) is 10.8. The van der Waals surface area contributed by atoms with Crippen LogP contribution in [0.25, 0.3) is 0 Å². The van der Waals surface area contributed by atoms with E-state index in [1.807, 2.05) is 0 Å². The molecule has 23 heavy (non-hydrogen) atoms. The van der Waals surface area contributed by atoms with Crippen LogP contribution in [-0.4, -0.2) is 31.7 Å². The van der Waals surface area contributed by atoms with E-state index in [4.69, 9.17) is 4.74 Å². The molecule has 0 spiro atoms. The molecule has 0 heterocycles. The second-order valence-electron chi connectivity index (χ2n) is 4.95. The van der Waals surface area contributed by atoms with Gasteiger partial charge in [-0.05, 0) is 23.8 Å². The Morgan fingerprint density at radius 2 is 1.83 bits per heavy atom. The van der Waals surface area contributed by atoms with Crippen LogP contribution in [0, 0.1) is 10.1 Å². The SMILES string of the molecule is CN(C)S(=O)(=O)c1cccc(COc2ccccc2[N+](=O)[O-])c1. The minimum absolute atomic E-state index is 0.0294. The van der Waals surface area contributed by atoms with Crippen LogP contribution < -0.4 is 4.74 Å². The van der Waals surface area contributed by atoms with Gasteiger partial charge < -0.3 is 4.74 Å². The summed E-state index contributed by atoms with van der Waals surface area (Å²) in [6.45, 7) is 0.0294. The molecule has 0 radical (unpaired) electrons. The van der Waals surface area contributed by atoms with Crippen LogP contribution in [0.4, 0.5) is 5.69 Å². The lowest BCUT2D eigenvalue weighted by Gasteiger charge is -2.12. The van der Waals surface area contributed by atoms with E-state index < -0.39 is 14.9 Å². The van der Waals surface area contributed by atoms with Crippen molar-refractivity contribution in [1.29, 1.82) is 0 Å². The van der Waals surface area contributed by atoms with Gasteiger partial charge in [0.1, 0.15) is 6.61 Å². The minimum atomic E-state index is -3.53. The molecule has 0 aromatic heterocycles. The summed E-state index contributed by atoms with van der Waals surface area (Å²) in [6, 6.07) is 12.3. The highest BCUT2D eigenvalue weighted by molar-refractivity contribution is 7.89. The smallest absolute Gasteiger partial charge is 0.310 e. The molecule has 0 aliphatic rings. The highest BCUT2D eigenvalue weighted by Gasteiger charge is 2.18. The maximum atomic E-state index is 12.1. The number of nitrogens with zero attached hydrogens (tertiary/aromatic N) is 2. The molecule has 0 fully saturated rings. The van der Waals surface area contributed by atoms with Crippen LogP contribution in [0.3, 0.4) is 0 Å². The topological polar surface area (TPSA) is 89.8 Å². The van der Waals surface area contributed by atoms with E-state index in [0.29, 0.717) is 5.56 Å². The molecule has 2 aromatic rings. The molecule has 8 heteroatoms. The van der Waals surface area contributed by atoms with Crippen molar-refractivity contribution >= 4 is 15.7 Å². The highest BCUT2D eigenvalue weighted by atomic mass is 32.2. The maximum absolute atomic E-state index is 12.1. The molecule has 2 aromatic carbocycles. The number of hydrogen-bond donors (Lipinski definition) is 0. The molecular weight excluding hydrogens is 320 g/mol. The van der Waals surface area contributed by atoms with Crippen molar-refractivity contribution in [2.75, 3.05) is 14.1 Å². The summed E-state index contributed by atoms with van der Waals surface area (Å²) in [4.78, 5) is 10.6. The summed E-state index contributed by atoms with van der Waals surface area (Å²) in [7, 11) is -0.634. The average Bonchev–Trinajstić information content (AvgIpc) is 2.53. The molecule has 0 atom stereocenters. The fraction of sp³-hybridized carbons (Fsp3) is 0.200. The van der Waals surface area contributed by atoms with Gasteiger partial charge in [0, 0.05) is 20.2 Å². The Bertz CT molecular complexity index is 818. The Morgan fingerprint density at radius 3 is 2.48 bits per heavy atom. The van der Waals surface area contributed by atoms with Crippen molar-refractivity contribution in [3.05, 3.63) is 64.2 Å². The molecule has 0 bridgehead atoms. The number of nitro groups is 1. The molecule has 0 aliphatic carbocycles. The van der Waals surface area contributed by atoms with Gasteiger partial charge in [0.05, 0.1) is 9.82 Å². The predicted octanol–water partition coefficient (Wildman–Crippen LogP) is 2.42. The Kier molecular flexibility index (Phi) is 4.97. The lowest BCUT2D eigenvalue weighted by Crippen LogP contribution is -2.22. The van der Waals surface area contributed by atoms with Crippen LogP contribution >= 0.6 is 0 Å². The Hall–Kier alpha value is -2.45. The van der Waals surface area contributed by atoms with Crippen molar-refractivity contribution in [2.24, 2.45) is 0 Å². The first-order valence-corrected chi connectivity index (χ1v) is 8.14. The number of ether oxygens (including phenoxy) is 1. The van der Waals surface area contributed by atoms with Gasteiger partial charge in [0.15, 0.2) is 5.75 Å². The molecule has 0 unspecified atom stereocenters. The zero-order valence-electron chi connectivity index (χ0n) is 12.7. The largest absolute Gasteiger partial charge is 0.482 e. The molecule has 0 amide bonds. The molecule has 0 aliphatic heterocycles. The van der Waals surface area contributed by atoms with Gasteiger partial charge in [-0.2, -0.15) is 0 Å². The number of nitro benzene ring substituents is 1. The van der Waals surface area contributed by atoms with Crippen molar-refractivity contribution in [2.45, 2.75) is 11.5 Å². The lowest BCUT2D eigenvalue weighted by atomic mass is 10.2. The number of sulfonamides is 1. The monoisotopic (exact) mass is 336 g/mol. The van der Waals surface area contributed by atoms with Crippen molar-refractivity contribution in [1.82, 2.24) is 4.31 Å². The third-order valence-corrected chi connectivity index (χ3v) is 4.94. The van der Waals surface area contributed by atoms with Crippen molar-refractivity contribution in [3.8, 4) is 5.75 Å². The van der Waals surface area contributed by atoms with E-state index in [1.165, 1.54) is 38.4 Å². The Labute approximate surface area is 134 Å². The van der Waals surface area contributed by atoms with Gasteiger partial charge >= 0.3 is 5.69 Å². The molecule has 0 saturated carbocycles. The van der Waals surface area contributed by atoms with Gasteiger partial charge in [0.25, 0.3) is 0 Å². The van der Waals surface area contributed by atoms with Crippen molar-refractivity contribution < 1.29 is 18.1 Å². The third kappa shape index (κ3) is 3.85.